The van der Waals surface area contributed by atoms with Crippen molar-refractivity contribution >= 4 is 0 Å². The fourth-order valence-corrected chi connectivity index (χ4v) is 1.93. The first-order valence-electron chi connectivity index (χ1n) is 11.6. The van der Waals surface area contributed by atoms with Crippen LogP contribution in [-0.4, -0.2) is 116 Å². The number of ether oxygens (including phenoxy) is 7. The molecule has 0 aliphatic heterocycles. The van der Waals surface area contributed by atoms with Gasteiger partial charge >= 0.3 is 0 Å². The number of rotatable bonds is 25. The first-order chi connectivity index (χ1) is 15.3. The molecule has 0 radical (unpaired) electrons. The van der Waals surface area contributed by atoms with Gasteiger partial charge in [-0.25, -0.2) is 0 Å². The lowest BCUT2D eigenvalue weighted by atomic mass is 10.4. The lowest BCUT2D eigenvalue weighted by molar-refractivity contribution is -0.00568. The van der Waals surface area contributed by atoms with E-state index in [2.05, 4.69) is 13.8 Å². The van der Waals surface area contributed by atoms with Crippen molar-refractivity contribution in [1.29, 1.82) is 0 Å². The van der Waals surface area contributed by atoms with Crippen LogP contribution in [0.1, 0.15) is 39.5 Å². The van der Waals surface area contributed by atoms with Crippen LogP contribution in [0.5, 0.6) is 0 Å². The molecular weight excluding hydrogens is 408 g/mol. The summed E-state index contributed by atoms with van der Waals surface area (Å²) in [5.74, 6) is 0. The monoisotopic (exact) mass is 456 g/mol. The molecule has 2 N–H and O–H groups in total. The zero-order chi connectivity index (χ0) is 23.1. The molecule has 190 valence electrons. The normalized spacial score (nSPS) is 10.8. The molecule has 0 spiro atoms. The highest BCUT2D eigenvalue weighted by Crippen LogP contribution is 1.89. The molecule has 0 heterocycles. The zero-order valence-electron chi connectivity index (χ0n) is 19.9. The van der Waals surface area contributed by atoms with Crippen LogP contribution < -0.4 is 0 Å². The predicted octanol–water partition coefficient (Wildman–Crippen LogP) is 1.67. The quantitative estimate of drug-likeness (QED) is 0.198. The van der Waals surface area contributed by atoms with E-state index in [1.54, 1.807) is 0 Å². The van der Waals surface area contributed by atoms with Crippen molar-refractivity contribution < 1.29 is 43.4 Å². The van der Waals surface area contributed by atoms with Gasteiger partial charge in [-0.1, -0.05) is 26.7 Å². The molecule has 31 heavy (non-hydrogen) atoms. The third-order valence-electron chi connectivity index (χ3n) is 3.62. The molecule has 0 aromatic rings. The van der Waals surface area contributed by atoms with Crippen molar-refractivity contribution in [1.82, 2.24) is 0 Å². The van der Waals surface area contributed by atoms with E-state index in [-0.39, 0.29) is 13.2 Å². The van der Waals surface area contributed by atoms with Crippen LogP contribution in [0, 0.1) is 0 Å². The molecule has 0 atom stereocenters. The molecule has 9 heteroatoms. The van der Waals surface area contributed by atoms with Crippen LogP contribution in [0.25, 0.3) is 0 Å². The Kier molecular flexibility index (Phi) is 36.3. The molecule has 0 aromatic carbocycles. The average Bonchev–Trinajstić information content (AvgIpc) is 2.79. The molecule has 0 fully saturated rings. The van der Waals surface area contributed by atoms with E-state index in [0.29, 0.717) is 79.3 Å². The topological polar surface area (TPSA) is 105 Å². The van der Waals surface area contributed by atoms with Crippen LogP contribution in [0.4, 0.5) is 0 Å². The van der Waals surface area contributed by atoms with Gasteiger partial charge in [0.2, 0.25) is 0 Å². The summed E-state index contributed by atoms with van der Waals surface area (Å²) in [5, 5.41) is 16.8. The first kappa shape index (κ1) is 32.8. The van der Waals surface area contributed by atoms with Crippen molar-refractivity contribution in [3.05, 3.63) is 0 Å². The van der Waals surface area contributed by atoms with Crippen molar-refractivity contribution in [2.24, 2.45) is 0 Å². The van der Waals surface area contributed by atoms with Gasteiger partial charge in [0.15, 0.2) is 0 Å². The van der Waals surface area contributed by atoms with Gasteiger partial charge in [0.05, 0.1) is 92.5 Å². The third kappa shape index (κ3) is 37.3. The number of unbranched alkanes of at least 4 members (excludes halogenated alkanes) is 2. The van der Waals surface area contributed by atoms with Crippen molar-refractivity contribution in [3.63, 3.8) is 0 Å². The van der Waals surface area contributed by atoms with Crippen molar-refractivity contribution in [2.45, 2.75) is 39.5 Å². The molecular formula is C22H48O9. The Morgan fingerprint density at radius 1 is 0.355 bits per heavy atom. The summed E-state index contributed by atoms with van der Waals surface area (Å²) < 4.78 is 36.5. The second-order valence-corrected chi connectivity index (χ2v) is 6.44. The second kappa shape index (κ2) is 34.3. The summed E-state index contributed by atoms with van der Waals surface area (Å²) in [4.78, 5) is 0. The molecule has 0 aromatic heterocycles. The maximum absolute atomic E-state index is 8.45. The van der Waals surface area contributed by atoms with E-state index in [1.807, 2.05) is 0 Å². The van der Waals surface area contributed by atoms with Crippen LogP contribution in [-0.2, 0) is 33.2 Å². The van der Waals surface area contributed by atoms with Gasteiger partial charge in [0.1, 0.15) is 0 Å². The molecule has 0 aliphatic carbocycles. The minimum atomic E-state index is 0.0567. The molecule has 0 aliphatic rings. The van der Waals surface area contributed by atoms with Gasteiger partial charge in [-0.15, -0.1) is 0 Å². The molecule has 0 bridgehead atoms. The maximum atomic E-state index is 8.45. The molecule has 9 nitrogen and oxygen atoms in total. The predicted molar refractivity (Wildman–Crippen MR) is 120 cm³/mol. The van der Waals surface area contributed by atoms with Gasteiger partial charge in [-0.05, 0) is 12.8 Å². The van der Waals surface area contributed by atoms with Crippen LogP contribution in [0.2, 0.25) is 0 Å². The summed E-state index contributed by atoms with van der Waals surface area (Å²) in [6, 6.07) is 0. The minimum absolute atomic E-state index is 0.0567. The fraction of sp³-hybridized carbons (Fsp3) is 1.00. The second-order valence-electron chi connectivity index (χ2n) is 6.44. The van der Waals surface area contributed by atoms with E-state index in [1.165, 1.54) is 0 Å². The molecule has 0 rings (SSSR count). The number of hydrogen-bond acceptors (Lipinski definition) is 9. The van der Waals surface area contributed by atoms with Crippen LogP contribution in [0.15, 0.2) is 0 Å². The van der Waals surface area contributed by atoms with E-state index in [4.69, 9.17) is 43.4 Å². The summed E-state index contributed by atoms with van der Waals surface area (Å²) in [6.07, 6.45) is 4.54. The Labute approximate surface area is 189 Å². The van der Waals surface area contributed by atoms with Crippen molar-refractivity contribution in [2.75, 3.05) is 106 Å². The van der Waals surface area contributed by atoms with Gasteiger partial charge in [-0.3, -0.25) is 0 Å². The lowest BCUT2D eigenvalue weighted by Crippen LogP contribution is -2.12. The number of aliphatic hydroxyl groups excluding tert-OH is 2. The van der Waals surface area contributed by atoms with Crippen LogP contribution >= 0.6 is 0 Å². The smallest absolute Gasteiger partial charge is 0.0701 e. The Balaban J connectivity index is 0. The van der Waals surface area contributed by atoms with Gasteiger partial charge in [0, 0.05) is 13.2 Å². The zero-order valence-corrected chi connectivity index (χ0v) is 19.9. The lowest BCUT2D eigenvalue weighted by Gasteiger charge is -2.06. The Morgan fingerprint density at radius 2 is 0.581 bits per heavy atom. The molecule has 0 unspecified atom stereocenters. The van der Waals surface area contributed by atoms with E-state index < -0.39 is 0 Å². The maximum Gasteiger partial charge on any atom is 0.0701 e. The number of aliphatic hydroxyl groups is 2. The third-order valence-corrected chi connectivity index (χ3v) is 3.62. The van der Waals surface area contributed by atoms with Crippen molar-refractivity contribution in [3.8, 4) is 0 Å². The Hall–Kier alpha value is -0.360. The summed E-state index contributed by atoms with van der Waals surface area (Å²) >= 11 is 0. The van der Waals surface area contributed by atoms with E-state index >= 15 is 0 Å². The Bertz CT molecular complexity index is 258. The van der Waals surface area contributed by atoms with Gasteiger partial charge < -0.3 is 43.4 Å². The highest BCUT2D eigenvalue weighted by molar-refractivity contribution is 4.36. The standard InChI is InChI=1S/C12H26O5.C10H22O4/c1-2-3-5-14-7-9-16-11-12-17-10-8-15-6-4-13;1-2-3-5-12-7-9-14-10-8-13-6-4-11/h13H,2-12H2,1H3;11H,2-10H2,1H3. The van der Waals surface area contributed by atoms with Gasteiger partial charge in [0.25, 0.3) is 0 Å². The summed E-state index contributed by atoms with van der Waals surface area (Å²) in [7, 11) is 0. The highest BCUT2D eigenvalue weighted by atomic mass is 16.6. The SMILES string of the molecule is CCCCOCCOCCOCCO.CCCCOCCOCCOCCOCCO. The largest absolute Gasteiger partial charge is 0.394 e. The molecule has 0 saturated heterocycles. The molecule has 0 amide bonds. The fourth-order valence-electron chi connectivity index (χ4n) is 1.93. The first-order valence-corrected chi connectivity index (χ1v) is 11.6. The van der Waals surface area contributed by atoms with E-state index in [0.717, 1.165) is 38.9 Å². The highest BCUT2D eigenvalue weighted by Gasteiger charge is 1.92. The average molecular weight is 457 g/mol. The number of hydrogen-bond donors (Lipinski definition) is 2. The minimum Gasteiger partial charge on any atom is -0.394 e. The summed E-state index contributed by atoms with van der Waals surface area (Å²) in [6.45, 7) is 12.6. The van der Waals surface area contributed by atoms with E-state index in [9.17, 15) is 0 Å². The van der Waals surface area contributed by atoms with Gasteiger partial charge in [-0.2, -0.15) is 0 Å². The van der Waals surface area contributed by atoms with Crippen LogP contribution in [0.3, 0.4) is 0 Å². The Morgan fingerprint density at radius 3 is 0.806 bits per heavy atom. The molecule has 0 saturated carbocycles. The summed E-state index contributed by atoms with van der Waals surface area (Å²) in [5.41, 5.74) is 0.